The first-order valence-corrected chi connectivity index (χ1v) is 9.71. The average molecular weight is 381 g/mol. The van der Waals surface area contributed by atoms with Crippen LogP contribution >= 0.6 is 11.3 Å². The van der Waals surface area contributed by atoms with Gasteiger partial charge in [0.25, 0.3) is 5.56 Å². The highest BCUT2D eigenvalue weighted by molar-refractivity contribution is 7.17. The van der Waals surface area contributed by atoms with E-state index in [4.69, 9.17) is 10.2 Å². The molecule has 0 radical (unpaired) electrons. The van der Waals surface area contributed by atoms with Gasteiger partial charge in [-0.25, -0.2) is 4.98 Å². The van der Waals surface area contributed by atoms with Gasteiger partial charge >= 0.3 is 0 Å². The molecular weight excluding hydrogens is 362 g/mol. The molecule has 3 aromatic heterocycles. The summed E-state index contributed by atoms with van der Waals surface area (Å²) >= 11 is 1.48. The number of thiophene rings is 1. The second kappa shape index (κ2) is 6.11. The number of oxazole rings is 1. The first-order chi connectivity index (χ1) is 13.1. The predicted octanol–water partition coefficient (Wildman–Crippen LogP) is 2.73. The maximum Gasteiger partial charge on any atom is 0.263 e. The van der Waals surface area contributed by atoms with Crippen LogP contribution in [0.15, 0.2) is 38.9 Å². The molecule has 5 rings (SSSR count). The number of aromatic amines is 1. The van der Waals surface area contributed by atoms with Crippen LogP contribution in [0.1, 0.15) is 0 Å². The second-order valence-corrected chi connectivity index (χ2v) is 7.78. The van der Waals surface area contributed by atoms with Gasteiger partial charge in [0.1, 0.15) is 11.1 Å². The molecule has 0 saturated carbocycles. The lowest BCUT2D eigenvalue weighted by molar-refractivity contribution is 0.313. The Hall–Kier alpha value is -2.84. The number of H-pyrrole nitrogens is 1. The lowest BCUT2D eigenvalue weighted by Crippen LogP contribution is -2.44. The van der Waals surface area contributed by atoms with Gasteiger partial charge in [0.2, 0.25) is 5.89 Å². The van der Waals surface area contributed by atoms with E-state index in [2.05, 4.69) is 32.9 Å². The number of rotatable bonds is 2. The number of hydrogen-bond acceptors (Lipinski definition) is 7. The van der Waals surface area contributed by atoms with Gasteiger partial charge in [-0.1, -0.05) is 0 Å². The number of hydrogen-bond donors (Lipinski definition) is 2. The number of nitrogens with one attached hydrogen (secondary N) is 1. The average Bonchev–Trinajstić information content (AvgIpc) is 3.28. The summed E-state index contributed by atoms with van der Waals surface area (Å²) in [6.45, 7) is 4.02. The Bertz CT molecular complexity index is 1200. The number of nitrogens with two attached hydrogens (primary N) is 1. The van der Waals surface area contributed by atoms with E-state index in [1.54, 1.807) is 0 Å². The van der Waals surface area contributed by atoms with Crippen LogP contribution in [0, 0.1) is 0 Å². The Morgan fingerprint density at radius 1 is 1.22 bits per heavy atom. The smallest absolute Gasteiger partial charge is 0.263 e. The minimum Gasteiger partial charge on any atom is -0.436 e. The van der Waals surface area contributed by atoms with Crippen LogP contribution in [0.5, 0.6) is 0 Å². The number of piperazine rings is 1. The Morgan fingerprint density at radius 3 is 2.85 bits per heavy atom. The normalized spacial score (nSPS) is 15.8. The van der Waals surface area contributed by atoms with Gasteiger partial charge in [0.05, 0.1) is 15.9 Å². The van der Waals surface area contributed by atoms with Crippen molar-refractivity contribution >= 4 is 44.0 Å². The molecule has 1 aliphatic rings. The number of benzene rings is 1. The summed E-state index contributed by atoms with van der Waals surface area (Å²) in [6.07, 6.45) is 0. The Morgan fingerprint density at radius 2 is 2.04 bits per heavy atom. The van der Waals surface area contributed by atoms with Crippen LogP contribution in [0.4, 0.5) is 11.4 Å². The molecule has 0 atom stereocenters. The molecule has 0 amide bonds. The lowest BCUT2D eigenvalue weighted by atomic mass is 10.2. The first-order valence-electron chi connectivity index (χ1n) is 8.83. The highest BCUT2D eigenvalue weighted by Crippen LogP contribution is 2.33. The van der Waals surface area contributed by atoms with Gasteiger partial charge in [0, 0.05) is 37.9 Å². The number of nitrogen functional groups attached to an aromatic ring is 1. The molecule has 4 aromatic rings. The quantitative estimate of drug-likeness (QED) is 0.555. The topological polar surface area (TPSA) is 91.4 Å². The van der Waals surface area contributed by atoms with E-state index in [-0.39, 0.29) is 11.4 Å². The number of pyridine rings is 1. The second-order valence-electron chi connectivity index (χ2n) is 6.87. The Balaban J connectivity index is 1.58. The minimum atomic E-state index is -0.288. The summed E-state index contributed by atoms with van der Waals surface area (Å²) in [5.41, 5.74) is 9.89. The van der Waals surface area contributed by atoms with Gasteiger partial charge in [-0.2, -0.15) is 0 Å². The lowest BCUT2D eigenvalue weighted by Gasteiger charge is -2.33. The summed E-state index contributed by atoms with van der Waals surface area (Å²) in [5.74, 6) is 0.259. The van der Waals surface area contributed by atoms with Crippen molar-refractivity contribution < 1.29 is 4.42 Å². The van der Waals surface area contributed by atoms with Crippen LogP contribution < -0.4 is 16.2 Å². The Labute approximate surface area is 159 Å². The van der Waals surface area contributed by atoms with Crippen molar-refractivity contribution in [2.45, 2.75) is 0 Å². The number of nitrogens with zero attached hydrogens (tertiary/aromatic N) is 3. The SMILES string of the molecule is CN1CCN(c2ccc3nc(-c4c(N)c5sccc5[nH]c4=O)oc3c2)CC1. The van der Waals surface area contributed by atoms with Gasteiger partial charge in [-0.3, -0.25) is 4.79 Å². The predicted molar refractivity (Wildman–Crippen MR) is 110 cm³/mol. The molecule has 3 N–H and O–H groups in total. The fraction of sp³-hybridized carbons (Fsp3) is 0.263. The van der Waals surface area contributed by atoms with Crippen LogP contribution in [-0.2, 0) is 0 Å². The molecule has 138 valence electrons. The highest BCUT2D eigenvalue weighted by Gasteiger charge is 2.20. The molecule has 0 bridgehead atoms. The summed E-state index contributed by atoms with van der Waals surface area (Å²) in [6, 6.07) is 7.82. The molecule has 0 spiro atoms. The summed E-state index contributed by atoms with van der Waals surface area (Å²) in [4.78, 5) is 24.5. The maximum atomic E-state index is 12.5. The molecule has 0 unspecified atom stereocenters. The van der Waals surface area contributed by atoms with Crippen LogP contribution in [0.3, 0.4) is 0 Å². The third-order valence-corrected chi connectivity index (χ3v) is 6.06. The largest absolute Gasteiger partial charge is 0.436 e. The van der Waals surface area contributed by atoms with E-state index < -0.39 is 0 Å². The number of anilines is 2. The van der Waals surface area contributed by atoms with Crippen molar-refractivity contribution in [1.82, 2.24) is 14.9 Å². The van der Waals surface area contributed by atoms with E-state index in [9.17, 15) is 4.79 Å². The molecule has 1 aromatic carbocycles. The van der Waals surface area contributed by atoms with E-state index in [1.807, 2.05) is 23.6 Å². The maximum absolute atomic E-state index is 12.5. The van der Waals surface area contributed by atoms with Crippen molar-refractivity contribution in [1.29, 1.82) is 0 Å². The summed E-state index contributed by atoms with van der Waals surface area (Å²) in [5, 5.41) is 1.90. The molecule has 0 aliphatic carbocycles. The van der Waals surface area contributed by atoms with Crippen LogP contribution in [-0.4, -0.2) is 48.1 Å². The van der Waals surface area contributed by atoms with Crippen molar-refractivity contribution in [3.8, 4) is 11.5 Å². The molecule has 8 heteroatoms. The minimum absolute atomic E-state index is 0.259. The van der Waals surface area contributed by atoms with Gasteiger partial charge < -0.3 is 24.9 Å². The molecule has 1 fully saturated rings. The van der Waals surface area contributed by atoms with Crippen molar-refractivity contribution in [3.63, 3.8) is 0 Å². The summed E-state index contributed by atoms with van der Waals surface area (Å²) in [7, 11) is 2.13. The van der Waals surface area contributed by atoms with Crippen molar-refractivity contribution in [3.05, 3.63) is 40.0 Å². The number of aromatic nitrogens is 2. The van der Waals surface area contributed by atoms with E-state index in [0.717, 1.165) is 42.1 Å². The monoisotopic (exact) mass is 381 g/mol. The molecular formula is C19H19N5O2S. The highest BCUT2D eigenvalue weighted by atomic mass is 32.1. The Kier molecular flexibility index (Phi) is 3.70. The zero-order chi connectivity index (χ0) is 18.5. The number of fused-ring (bicyclic) bond motifs is 2. The fourth-order valence-electron chi connectivity index (χ4n) is 3.53. The third kappa shape index (κ3) is 2.68. The zero-order valence-corrected chi connectivity index (χ0v) is 15.7. The molecule has 1 saturated heterocycles. The van der Waals surface area contributed by atoms with Crippen molar-refractivity contribution in [2.75, 3.05) is 43.9 Å². The van der Waals surface area contributed by atoms with Crippen LogP contribution in [0.25, 0.3) is 32.8 Å². The molecule has 4 heterocycles. The van der Waals surface area contributed by atoms with E-state index in [1.165, 1.54) is 11.3 Å². The van der Waals surface area contributed by atoms with Crippen LogP contribution in [0.2, 0.25) is 0 Å². The fourth-order valence-corrected chi connectivity index (χ4v) is 4.35. The molecule has 27 heavy (non-hydrogen) atoms. The standard InChI is InChI=1S/C19H19N5O2S/c1-23-5-7-24(8-6-23)11-2-3-12-14(10-11)26-19(22-12)15-16(20)17-13(4-9-27-17)21-18(15)25/h2-4,9-10H,5-8H2,1H3,(H3,20,21,25). The number of likely N-dealkylation sites (N-methyl/N-ethyl adjacent to an activating group) is 1. The van der Waals surface area contributed by atoms with Gasteiger partial charge in [-0.05, 0) is 30.6 Å². The summed E-state index contributed by atoms with van der Waals surface area (Å²) < 4.78 is 6.79. The van der Waals surface area contributed by atoms with Crippen molar-refractivity contribution in [2.24, 2.45) is 0 Å². The van der Waals surface area contributed by atoms with Gasteiger partial charge in [-0.15, -0.1) is 11.3 Å². The zero-order valence-electron chi connectivity index (χ0n) is 14.9. The third-order valence-electron chi connectivity index (χ3n) is 5.11. The first kappa shape index (κ1) is 16.3. The molecule has 1 aliphatic heterocycles. The molecule has 7 nitrogen and oxygen atoms in total. The van der Waals surface area contributed by atoms with Gasteiger partial charge in [0.15, 0.2) is 5.58 Å². The van der Waals surface area contributed by atoms with E-state index >= 15 is 0 Å². The van der Waals surface area contributed by atoms with E-state index in [0.29, 0.717) is 22.4 Å².